The van der Waals surface area contributed by atoms with Gasteiger partial charge < -0.3 is 21.5 Å². The van der Waals surface area contributed by atoms with Crippen LogP contribution in [-0.4, -0.2) is 65.9 Å². The highest BCUT2D eigenvalue weighted by atomic mass is 16.4. The van der Waals surface area contributed by atoms with Gasteiger partial charge in [-0.3, -0.25) is 24.1 Å². The van der Waals surface area contributed by atoms with Crippen molar-refractivity contribution in [1.29, 1.82) is 0 Å². The zero-order valence-corrected chi connectivity index (χ0v) is 13.8. The minimum atomic E-state index is -0.908. The molecule has 1 fully saturated rings. The van der Waals surface area contributed by atoms with Gasteiger partial charge in [0, 0.05) is 19.4 Å². The van der Waals surface area contributed by atoms with Crippen LogP contribution in [0, 0.1) is 0 Å². The molecule has 1 rings (SSSR count). The Balaban J connectivity index is 2.08. The third-order valence-electron chi connectivity index (χ3n) is 3.88. The van der Waals surface area contributed by atoms with Crippen LogP contribution >= 0.6 is 0 Å². The summed E-state index contributed by atoms with van der Waals surface area (Å²) in [5.41, 5.74) is 5.33. The molecule has 0 spiro atoms. The molecule has 1 aliphatic heterocycles. The third kappa shape index (κ3) is 7.91. The van der Waals surface area contributed by atoms with Gasteiger partial charge in [-0.25, -0.2) is 0 Å². The van der Waals surface area contributed by atoms with Crippen molar-refractivity contribution in [2.45, 2.75) is 44.6 Å². The normalized spacial score (nSPS) is 17.4. The van der Waals surface area contributed by atoms with Crippen LogP contribution in [0.25, 0.3) is 0 Å². The van der Waals surface area contributed by atoms with Crippen molar-refractivity contribution >= 4 is 23.7 Å². The first kappa shape index (κ1) is 19.9. The van der Waals surface area contributed by atoms with E-state index in [1.807, 2.05) is 4.90 Å². The molecule has 0 aromatic rings. The minimum absolute atomic E-state index is 0.00453. The van der Waals surface area contributed by atoms with Gasteiger partial charge in [-0.2, -0.15) is 0 Å². The fourth-order valence-corrected chi connectivity index (χ4v) is 2.66. The van der Waals surface area contributed by atoms with E-state index in [1.165, 1.54) is 0 Å². The number of hydrogen-bond acceptors (Lipinski definition) is 5. The molecule has 136 valence electrons. The van der Waals surface area contributed by atoms with E-state index >= 15 is 0 Å². The average Bonchev–Trinajstić information content (AvgIpc) is 2.98. The average molecular weight is 342 g/mol. The number of carbonyl (C=O) groups is 4. The standard InChI is InChI=1S/C15H26N4O5/c16-15(24)11-4-2-8-19(11)9-3-5-12(20)18-10-13(21)17-7-1-6-14(22)23/h11H,1-10H2,(H2,16,24)(H,17,21)(H,18,20)(H,22,23)/t11-/m0/s1. The van der Waals surface area contributed by atoms with Crippen LogP contribution in [0.2, 0.25) is 0 Å². The summed E-state index contributed by atoms with van der Waals surface area (Å²) in [6.45, 7) is 1.58. The van der Waals surface area contributed by atoms with Crippen molar-refractivity contribution in [2.24, 2.45) is 5.73 Å². The Bertz CT molecular complexity index is 469. The van der Waals surface area contributed by atoms with E-state index in [4.69, 9.17) is 10.8 Å². The van der Waals surface area contributed by atoms with E-state index in [1.54, 1.807) is 0 Å². The molecule has 24 heavy (non-hydrogen) atoms. The largest absolute Gasteiger partial charge is 0.481 e. The van der Waals surface area contributed by atoms with Crippen molar-refractivity contribution in [2.75, 3.05) is 26.2 Å². The minimum Gasteiger partial charge on any atom is -0.481 e. The Hall–Kier alpha value is -2.16. The first-order valence-electron chi connectivity index (χ1n) is 8.18. The lowest BCUT2D eigenvalue weighted by molar-refractivity contribution is -0.137. The quantitative estimate of drug-likeness (QED) is 0.348. The summed E-state index contributed by atoms with van der Waals surface area (Å²) in [5.74, 6) is -1.81. The Kier molecular flexibility index (Phi) is 8.77. The van der Waals surface area contributed by atoms with Gasteiger partial charge in [0.2, 0.25) is 17.7 Å². The number of nitrogens with one attached hydrogen (secondary N) is 2. The number of hydrogen-bond donors (Lipinski definition) is 4. The molecule has 0 unspecified atom stereocenters. The van der Waals surface area contributed by atoms with E-state index in [2.05, 4.69) is 10.6 Å². The number of carbonyl (C=O) groups excluding carboxylic acids is 3. The van der Waals surface area contributed by atoms with Crippen LogP contribution in [0.1, 0.15) is 38.5 Å². The molecule has 5 N–H and O–H groups in total. The van der Waals surface area contributed by atoms with Gasteiger partial charge in [-0.15, -0.1) is 0 Å². The number of likely N-dealkylation sites (tertiary alicyclic amines) is 1. The van der Waals surface area contributed by atoms with Gasteiger partial charge >= 0.3 is 5.97 Å². The monoisotopic (exact) mass is 342 g/mol. The zero-order valence-electron chi connectivity index (χ0n) is 13.8. The van der Waals surface area contributed by atoms with Crippen LogP contribution in [0.5, 0.6) is 0 Å². The van der Waals surface area contributed by atoms with Crippen LogP contribution in [0.3, 0.4) is 0 Å². The van der Waals surface area contributed by atoms with Crippen molar-refractivity contribution in [3.63, 3.8) is 0 Å². The number of nitrogens with zero attached hydrogens (tertiary/aromatic N) is 1. The highest BCUT2D eigenvalue weighted by Gasteiger charge is 2.28. The molecular weight excluding hydrogens is 316 g/mol. The second-order valence-corrected chi connectivity index (χ2v) is 5.82. The van der Waals surface area contributed by atoms with Crippen LogP contribution < -0.4 is 16.4 Å². The maximum Gasteiger partial charge on any atom is 0.303 e. The smallest absolute Gasteiger partial charge is 0.303 e. The maximum atomic E-state index is 11.7. The molecule has 9 heteroatoms. The van der Waals surface area contributed by atoms with Crippen molar-refractivity contribution in [3.8, 4) is 0 Å². The summed E-state index contributed by atoms with van der Waals surface area (Å²) in [6, 6.07) is -0.232. The predicted octanol–water partition coefficient (Wildman–Crippen LogP) is -1.19. The first-order valence-corrected chi connectivity index (χ1v) is 8.18. The summed E-state index contributed by atoms with van der Waals surface area (Å²) in [5, 5.41) is 13.5. The molecule has 1 aliphatic rings. The summed E-state index contributed by atoms with van der Waals surface area (Å²) >= 11 is 0. The maximum absolute atomic E-state index is 11.7. The molecule has 9 nitrogen and oxygen atoms in total. The van der Waals surface area contributed by atoms with Gasteiger partial charge in [0.05, 0.1) is 12.6 Å². The number of carboxylic acids is 1. The number of rotatable bonds is 11. The van der Waals surface area contributed by atoms with Crippen LogP contribution in [0.4, 0.5) is 0 Å². The Morgan fingerprint density at radius 2 is 1.83 bits per heavy atom. The van der Waals surface area contributed by atoms with E-state index in [9.17, 15) is 19.2 Å². The van der Waals surface area contributed by atoms with Crippen LogP contribution in [-0.2, 0) is 19.2 Å². The SMILES string of the molecule is NC(=O)[C@@H]1CCCN1CCCC(=O)NCC(=O)NCCCC(=O)O. The third-order valence-corrected chi connectivity index (χ3v) is 3.88. The Labute approximate surface area is 140 Å². The van der Waals surface area contributed by atoms with Gasteiger partial charge in [0.25, 0.3) is 0 Å². The topological polar surface area (TPSA) is 142 Å². The van der Waals surface area contributed by atoms with Gasteiger partial charge in [0.15, 0.2) is 0 Å². The van der Waals surface area contributed by atoms with E-state index in [-0.39, 0.29) is 49.7 Å². The number of aliphatic carboxylic acids is 1. The number of primary amides is 1. The second-order valence-electron chi connectivity index (χ2n) is 5.82. The van der Waals surface area contributed by atoms with Crippen molar-refractivity contribution < 1.29 is 24.3 Å². The Morgan fingerprint density at radius 3 is 2.50 bits per heavy atom. The zero-order chi connectivity index (χ0) is 17.9. The van der Waals surface area contributed by atoms with Crippen LogP contribution in [0.15, 0.2) is 0 Å². The van der Waals surface area contributed by atoms with Gasteiger partial charge in [-0.1, -0.05) is 0 Å². The molecular formula is C15H26N4O5. The second kappa shape index (κ2) is 10.6. The summed E-state index contributed by atoms with van der Waals surface area (Å²) in [7, 11) is 0. The lowest BCUT2D eigenvalue weighted by Gasteiger charge is -2.21. The van der Waals surface area contributed by atoms with E-state index in [0.717, 1.165) is 19.4 Å². The highest BCUT2D eigenvalue weighted by molar-refractivity contribution is 5.84. The molecule has 1 heterocycles. The predicted molar refractivity (Wildman–Crippen MR) is 85.9 cm³/mol. The molecule has 1 atom stereocenters. The highest BCUT2D eigenvalue weighted by Crippen LogP contribution is 2.17. The van der Waals surface area contributed by atoms with E-state index in [0.29, 0.717) is 19.4 Å². The molecule has 0 aromatic heterocycles. The summed E-state index contributed by atoms with van der Waals surface area (Å²) in [4.78, 5) is 46.7. The molecule has 3 amide bonds. The molecule has 0 aliphatic carbocycles. The first-order chi connectivity index (χ1) is 11.4. The molecule has 0 bridgehead atoms. The number of nitrogens with two attached hydrogens (primary N) is 1. The lowest BCUT2D eigenvalue weighted by atomic mass is 10.2. The summed E-state index contributed by atoms with van der Waals surface area (Å²) < 4.78 is 0. The molecule has 0 aromatic carbocycles. The Morgan fingerprint density at radius 1 is 1.08 bits per heavy atom. The fourth-order valence-electron chi connectivity index (χ4n) is 2.66. The molecule has 1 saturated heterocycles. The number of carboxylic acid groups (broad SMARTS) is 1. The molecule has 0 radical (unpaired) electrons. The van der Waals surface area contributed by atoms with Gasteiger partial charge in [0.1, 0.15) is 0 Å². The summed E-state index contributed by atoms with van der Waals surface area (Å²) in [6.07, 6.45) is 2.91. The van der Waals surface area contributed by atoms with Crippen molar-refractivity contribution in [1.82, 2.24) is 15.5 Å². The molecule has 0 saturated carbocycles. The lowest BCUT2D eigenvalue weighted by Crippen LogP contribution is -2.41. The van der Waals surface area contributed by atoms with Crippen molar-refractivity contribution in [3.05, 3.63) is 0 Å². The van der Waals surface area contributed by atoms with Gasteiger partial charge in [-0.05, 0) is 38.8 Å². The number of amides is 3. The fraction of sp³-hybridized carbons (Fsp3) is 0.733. The van der Waals surface area contributed by atoms with E-state index < -0.39 is 5.97 Å².